The molecule has 28 heavy (non-hydrogen) atoms. The van der Waals surface area contributed by atoms with Crippen LogP contribution >= 0.6 is 0 Å². The lowest BCUT2D eigenvalue weighted by atomic mass is 9.83. The highest BCUT2D eigenvalue weighted by atomic mass is 16.5. The second-order valence-corrected chi connectivity index (χ2v) is 6.99. The van der Waals surface area contributed by atoms with E-state index in [1.54, 1.807) is 12.1 Å². The minimum Gasteiger partial charge on any atom is -0.508 e. The van der Waals surface area contributed by atoms with Crippen LogP contribution < -0.4 is 19.9 Å². The van der Waals surface area contributed by atoms with Crippen LogP contribution in [0.2, 0.25) is 0 Å². The molecule has 0 spiro atoms. The Labute approximate surface area is 164 Å². The van der Waals surface area contributed by atoms with Gasteiger partial charge in [0.2, 0.25) is 5.88 Å². The molecule has 1 aliphatic heterocycles. The van der Waals surface area contributed by atoms with Gasteiger partial charge in [0.1, 0.15) is 23.1 Å². The van der Waals surface area contributed by atoms with Crippen molar-refractivity contribution in [3.63, 3.8) is 0 Å². The Balaban J connectivity index is 2.08. The zero-order valence-corrected chi connectivity index (χ0v) is 16.2. The fraction of sp³-hybridized carbons (Fsp3) is 0.318. The van der Waals surface area contributed by atoms with Crippen molar-refractivity contribution in [1.29, 1.82) is 5.26 Å². The number of hydrogen-bond acceptors (Lipinski definition) is 6. The molecule has 1 aliphatic rings. The van der Waals surface area contributed by atoms with Gasteiger partial charge in [0, 0.05) is 11.6 Å². The van der Waals surface area contributed by atoms with E-state index in [2.05, 4.69) is 19.9 Å². The van der Waals surface area contributed by atoms with Gasteiger partial charge in [-0.05, 0) is 36.6 Å². The Bertz CT molecular complexity index is 944. The van der Waals surface area contributed by atoms with Gasteiger partial charge in [-0.2, -0.15) is 5.26 Å². The number of ether oxygens (including phenoxy) is 3. The summed E-state index contributed by atoms with van der Waals surface area (Å²) in [4.78, 5) is 0. The number of nitriles is 1. The number of phenols is 1. The molecular weight excluding hydrogens is 356 g/mol. The quantitative estimate of drug-likeness (QED) is 0.785. The van der Waals surface area contributed by atoms with Gasteiger partial charge in [0.25, 0.3) is 0 Å². The van der Waals surface area contributed by atoms with Crippen molar-refractivity contribution in [2.75, 3.05) is 13.2 Å². The Morgan fingerprint density at radius 1 is 1.18 bits per heavy atom. The lowest BCUT2D eigenvalue weighted by Crippen LogP contribution is -2.21. The summed E-state index contributed by atoms with van der Waals surface area (Å²) in [6.45, 7) is 7.13. The number of benzene rings is 2. The predicted molar refractivity (Wildman–Crippen MR) is 105 cm³/mol. The first-order chi connectivity index (χ1) is 13.4. The van der Waals surface area contributed by atoms with Crippen molar-refractivity contribution >= 4 is 0 Å². The van der Waals surface area contributed by atoms with Crippen LogP contribution in [-0.4, -0.2) is 18.3 Å². The van der Waals surface area contributed by atoms with Crippen LogP contribution in [0.15, 0.2) is 47.9 Å². The van der Waals surface area contributed by atoms with E-state index in [4.69, 9.17) is 19.9 Å². The van der Waals surface area contributed by atoms with Gasteiger partial charge in [-0.3, -0.25) is 0 Å². The Morgan fingerprint density at radius 2 is 1.96 bits per heavy atom. The van der Waals surface area contributed by atoms with Crippen LogP contribution in [0, 0.1) is 17.2 Å². The molecule has 0 radical (unpaired) electrons. The van der Waals surface area contributed by atoms with E-state index in [0.717, 1.165) is 11.1 Å². The van der Waals surface area contributed by atoms with E-state index >= 15 is 0 Å². The molecule has 2 aromatic rings. The van der Waals surface area contributed by atoms with Gasteiger partial charge < -0.3 is 25.1 Å². The maximum absolute atomic E-state index is 9.77. The highest BCUT2D eigenvalue weighted by Gasteiger charge is 2.31. The summed E-state index contributed by atoms with van der Waals surface area (Å²) in [5.41, 5.74) is 7.88. The van der Waals surface area contributed by atoms with Gasteiger partial charge in [-0.25, -0.2) is 0 Å². The largest absolute Gasteiger partial charge is 0.508 e. The highest BCUT2D eigenvalue weighted by Crippen LogP contribution is 2.45. The fourth-order valence-corrected chi connectivity index (χ4v) is 3.14. The summed E-state index contributed by atoms with van der Waals surface area (Å²) in [6, 6.07) is 12.6. The monoisotopic (exact) mass is 380 g/mol. The summed E-state index contributed by atoms with van der Waals surface area (Å²) >= 11 is 0. The standard InChI is InChI=1S/C22H24N2O4/c1-4-26-20-9-14(5-8-18(20)27-12-13(2)3)21-16-7-6-15(25)10-19(16)28-22(24)17(21)11-23/h5-10,13,21,25H,4,12,24H2,1-3H3/t21-/m0/s1. The SMILES string of the molecule is CCOc1cc([C@@H]2C(C#N)=C(N)Oc3cc(O)ccc32)ccc1OCC(C)C. The van der Waals surface area contributed by atoms with Crippen LogP contribution in [0.4, 0.5) is 0 Å². The van der Waals surface area contributed by atoms with Crippen molar-refractivity contribution in [3.05, 3.63) is 59.0 Å². The molecule has 0 bridgehead atoms. The number of allylic oxidation sites excluding steroid dienone is 1. The van der Waals surface area contributed by atoms with Crippen LogP contribution in [0.3, 0.4) is 0 Å². The lowest BCUT2D eigenvalue weighted by molar-refractivity contribution is 0.248. The number of nitrogens with zero attached hydrogens (tertiary/aromatic N) is 1. The Morgan fingerprint density at radius 3 is 2.64 bits per heavy atom. The third-order valence-corrected chi connectivity index (χ3v) is 4.38. The second kappa shape index (κ2) is 8.13. The van der Waals surface area contributed by atoms with Gasteiger partial charge in [-0.1, -0.05) is 26.0 Å². The van der Waals surface area contributed by atoms with E-state index < -0.39 is 5.92 Å². The first kappa shape index (κ1) is 19.4. The summed E-state index contributed by atoms with van der Waals surface area (Å²) < 4.78 is 17.2. The second-order valence-electron chi connectivity index (χ2n) is 6.99. The topological polar surface area (TPSA) is 97.7 Å². The van der Waals surface area contributed by atoms with Gasteiger partial charge >= 0.3 is 0 Å². The van der Waals surface area contributed by atoms with Gasteiger partial charge in [-0.15, -0.1) is 0 Å². The molecule has 6 heteroatoms. The molecular formula is C22H24N2O4. The maximum atomic E-state index is 9.77. The Kier molecular flexibility index (Phi) is 5.65. The number of aromatic hydroxyl groups is 1. The fourth-order valence-electron chi connectivity index (χ4n) is 3.14. The third-order valence-electron chi connectivity index (χ3n) is 4.38. The first-order valence-electron chi connectivity index (χ1n) is 9.24. The predicted octanol–water partition coefficient (Wildman–Crippen LogP) is 4.04. The normalized spacial score (nSPS) is 15.6. The molecule has 3 rings (SSSR count). The highest BCUT2D eigenvalue weighted by molar-refractivity contribution is 5.58. The molecule has 2 aromatic carbocycles. The van der Waals surface area contributed by atoms with Crippen molar-refractivity contribution in [1.82, 2.24) is 0 Å². The van der Waals surface area contributed by atoms with Crippen molar-refractivity contribution in [2.24, 2.45) is 11.7 Å². The number of rotatable bonds is 6. The number of nitrogens with two attached hydrogens (primary N) is 1. The molecule has 3 N–H and O–H groups in total. The van der Waals surface area contributed by atoms with E-state index in [1.165, 1.54) is 6.07 Å². The minimum atomic E-state index is -0.423. The average molecular weight is 380 g/mol. The van der Waals surface area contributed by atoms with Crippen molar-refractivity contribution in [2.45, 2.75) is 26.7 Å². The van der Waals surface area contributed by atoms with Crippen molar-refractivity contribution < 1.29 is 19.3 Å². The molecule has 0 aromatic heterocycles. The van der Waals surface area contributed by atoms with E-state index in [1.807, 2.05) is 25.1 Å². The molecule has 0 saturated carbocycles. The van der Waals surface area contributed by atoms with E-state index in [0.29, 0.717) is 42.0 Å². The zero-order chi connectivity index (χ0) is 20.3. The van der Waals surface area contributed by atoms with E-state index in [9.17, 15) is 10.4 Å². The van der Waals surface area contributed by atoms with Gasteiger partial charge in [0.05, 0.1) is 19.1 Å². The lowest BCUT2D eigenvalue weighted by Gasteiger charge is -2.27. The maximum Gasteiger partial charge on any atom is 0.205 e. The molecule has 1 atom stereocenters. The molecule has 0 unspecified atom stereocenters. The molecule has 0 amide bonds. The number of fused-ring (bicyclic) bond motifs is 1. The van der Waals surface area contributed by atoms with Crippen LogP contribution in [0.5, 0.6) is 23.0 Å². The molecule has 0 saturated heterocycles. The van der Waals surface area contributed by atoms with Crippen molar-refractivity contribution in [3.8, 4) is 29.1 Å². The minimum absolute atomic E-state index is 0.0312. The summed E-state index contributed by atoms with van der Waals surface area (Å²) in [5, 5.41) is 19.4. The first-order valence-corrected chi connectivity index (χ1v) is 9.24. The van der Waals surface area contributed by atoms with Crippen LogP contribution in [0.25, 0.3) is 0 Å². The molecule has 1 heterocycles. The smallest absolute Gasteiger partial charge is 0.205 e. The molecule has 0 fully saturated rings. The average Bonchev–Trinajstić information content (AvgIpc) is 2.65. The van der Waals surface area contributed by atoms with E-state index in [-0.39, 0.29) is 11.6 Å². The number of phenolic OH excluding ortho intramolecular Hbond substituents is 1. The third kappa shape index (κ3) is 3.84. The zero-order valence-electron chi connectivity index (χ0n) is 16.2. The summed E-state index contributed by atoms with van der Waals surface area (Å²) in [5.74, 6) is 1.77. The number of hydrogen-bond donors (Lipinski definition) is 2. The summed E-state index contributed by atoms with van der Waals surface area (Å²) in [7, 11) is 0. The molecule has 0 aliphatic carbocycles. The Hall–Kier alpha value is -3.33. The molecule has 146 valence electrons. The van der Waals surface area contributed by atoms with Crippen LogP contribution in [-0.2, 0) is 0 Å². The van der Waals surface area contributed by atoms with Crippen LogP contribution in [0.1, 0.15) is 37.8 Å². The molecule has 6 nitrogen and oxygen atoms in total. The summed E-state index contributed by atoms with van der Waals surface area (Å²) in [6.07, 6.45) is 0. The van der Waals surface area contributed by atoms with Gasteiger partial charge in [0.15, 0.2) is 11.5 Å².